The van der Waals surface area contributed by atoms with Crippen LogP contribution in [0.15, 0.2) is 72.2 Å². The number of ether oxygens (including phenoxy) is 3. The van der Waals surface area contributed by atoms with Crippen LogP contribution in [0.4, 0.5) is 29.3 Å². The van der Waals surface area contributed by atoms with Gasteiger partial charge in [0.15, 0.2) is 0 Å². The maximum atomic E-state index is 14.0. The van der Waals surface area contributed by atoms with Gasteiger partial charge in [-0.1, -0.05) is 57.9 Å². The zero-order chi connectivity index (χ0) is 55.2. The summed E-state index contributed by atoms with van der Waals surface area (Å²) in [6.07, 6.45) is 1.14. The number of nitrogens with one attached hydrogen (secondary N) is 2. The van der Waals surface area contributed by atoms with E-state index in [-0.39, 0.29) is 49.3 Å². The summed E-state index contributed by atoms with van der Waals surface area (Å²) in [5, 5.41) is 25.6. The van der Waals surface area contributed by atoms with Crippen molar-refractivity contribution in [1.82, 2.24) is 20.5 Å². The normalized spacial score (nSPS) is 17.0. The first-order valence-corrected chi connectivity index (χ1v) is 26.7. The van der Waals surface area contributed by atoms with Gasteiger partial charge in [0.2, 0.25) is 17.7 Å². The summed E-state index contributed by atoms with van der Waals surface area (Å²) >= 11 is 1.57. The van der Waals surface area contributed by atoms with Crippen LogP contribution in [0.2, 0.25) is 0 Å². The summed E-state index contributed by atoms with van der Waals surface area (Å²) in [7, 11) is 0. The first-order valence-electron chi connectivity index (χ1n) is 25.8. The quantitative estimate of drug-likeness (QED) is 0.0399. The van der Waals surface area contributed by atoms with Gasteiger partial charge in [0, 0.05) is 58.0 Å². The number of halogens is 3. The third kappa shape index (κ3) is 15.4. The van der Waals surface area contributed by atoms with Gasteiger partial charge in [0.05, 0.1) is 51.7 Å². The molecular weight excluding hydrogens is 1000 g/mol. The van der Waals surface area contributed by atoms with Crippen molar-refractivity contribution >= 4 is 52.4 Å². The summed E-state index contributed by atoms with van der Waals surface area (Å²) in [6, 6.07) is 16.1. The van der Waals surface area contributed by atoms with Gasteiger partial charge in [-0.05, 0) is 118 Å². The van der Waals surface area contributed by atoms with Gasteiger partial charge < -0.3 is 34.9 Å². The number of β-amino-alcohol motifs (C(OH)–C–C–N with tert-alkyl or cyclic N) is 1. The number of urea groups is 1. The second-order valence-electron chi connectivity index (χ2n) is 20.7. The standard InChI is InChI=1S/C56H70F3N7O9S/c1-37-48(76-36-62-37)39-18-16-38(17-19-39)34-61-50(69)46-32-43(67)35-64(46)51(70)49(54(2,3)4)63-47(68)15-9-7-8-10-26-73-27-11-12-28-74-29-13-14-30-75-44-24-22-41(23-25-44)66-53(72)65(52(71)55(66,5)6)42-21-20-40(33-60)45(31-42)56(57,58)59/h16-25,31,36,43,46,49,67H,7-15,26-30,32,34-35H2,1-6H3,(H,61,69)(H,63,68)/t43-,46+,49?/m1/s1. The number of nitrogens with zero attached hydrogens (tertiary/aromatic N) is 5. The minimum Gasteiger partial charge on any atom is -0.494 e. The number of aromatic nitrogens is 1. The molecule has 3 heterocycles. The number of amides is 6. The summed E-state index contributed by atoms with van der Waals surface area (Å²) in [5.41, 5.74) is 0.897. The Balaban J connectivity index is 0.785. The lowest BCUT2D eigenvalue weighted by Crippen LogP contribution is -2.57. The molecule has 20 heteroatoms. The van der Waals surface area contributed by atoms with Gasteiger partial charge in [0.1, 0.15) is 23.4 Å². The number of hydrogen-bond acceptors (Lipinski definition) is 12. The second kappa shape index (κ2) is 26.6. The molecule has 1 unspecified atom stereocenters. The van der Waals surface area contributed by atoms with Crippen LogP contribution >= 0.6 is 11.3 Å². The molecule has 0 saturated carbocycles. The number of imide groups is 1. The molecule has 2 fully saturated rings. The SMILES string of the molecule is Cc1ncsc1-c1ccc(CNC(=O)[C@@H]2C[C@@H](O)CN2C(=O)C(NC(=O)CCCCCCOCCCCOCCCCOc2ccc(N3C(=O)N(c4ccc(C#N)c(C(F)(F)F)c4)C(=O)C3(C)C)cc2)C(C)(C)C)cc1. The lowest BCUT2D eigenvalue weighted by molar-refractivity contribution is -0.144. The largest absolute Gasteiger partial charge is 0.494 e. The fraction of sp³-hybridized carbons (Fsp3) is 0.518. The van der Waals surface area contributed by atoms with Gasteiger partial charge in [0.25, 0.3) is 5.91 Å². The van der Waals surface area contributed by atoms with Gasteiger partial charge in [-0.2, -0.15) is 18.4 Å². The van der Waals surface area contributed by atoms with Crippen LogP contribution in [-0.2, 0) is 41.4 Å². The van der Waals surface area contributed by atoms with Crippen molar-refractivity contribution in [2.24, 2.45) is 5.41 Å². The number of anilines is 2. The minimum absolute atomic E-state index is 0.0102. The Morgan fingerprint density at radius 2 is 1.47 bits per heavy atom. The monoisotopic (exact) mass is 1070 g/mol. The Morgan fingerprint density at radius 3 is 2.07 bits per heavy atom. The number of carbonyl (C=O) groups is 5. The van der Waals surface area contributed by atoms with Crippen molar-refractivity contribution in [3.05, 3.63) is 94.6 Å². The molecule has 2 aliphatic rings. The predicted molar refractivity (Wildman–Crippen MR) is 282 cm³/mol. The molecule has 0 spiro atoms. The molecule has 410 valence electrons. The highest BCUT2D eigenvalue weighted by Crippen LogP contribution is 2.40. The van der Waals surface area contributed by atoms with E-state index in [0.29, 0.717) is 61.9 Å². The molecule has 1 aromatic heterocycles. The van der Waals surface area contributed by atoms with Gasteiger partial charge in [-0.15, -0.1) is 11.3 Å². The molecule has 3 N–H and O–H groups in total. The van der Waals surface area contributed by atoms with E-state index in [0.717, 1.165) is 78.8 Å². The first-order chi connectivity index (χ1) is 36.1. The summed E-state index contributed by atoms with van der Waals surface area (Å²) < 4.78 is 58.4. The molecule has 3 aromatic carbocycles. The lowest BCUT2D eigenvalue weighted by Gasteiger charge is -2.35. The number of rotatable bonds is 26. The number of hydrogen-bond donors (Lipinski definition) is 3. The van der Waals surface area contributed by atoms with Crippen LogP contribution in [0, 0.1) is 23.7 Å². The molecule has 0 aliphatic carbocycles. The van der Waals surface area contributed by atoms with Crippen LogP contribution in [0.25, 0.3) is 10.4 Å². The van der Waals surface area contributed by atoms with Crippen LogP contribution in [0.1, 0.15) is 121 Å². The number of aryl methyl sites for hydroxylation is 1. The Hall–Kier alpha value is -6.40. The smallest absolute Gasteiger partial charge is 0.417 e. The van der Waals surface area contributed by atoms with Crippen molar-refractivity contribution in [2.45, 2.75) is 142 Å². The number of carbonyl (C=O) groups excluding carboxylic acids is 5. The molecule has 3 atom stereocenters. The van der Waals surface area contributed by atoms with E-state index >= 15 is 0 Å². The van der Waals surface area contributed by atoms with E-state index in [9.17, 15) is 42.3 Å². The maximum absolute atomic E-state index is 14.0. The van der Waals surface area contributed by atoms with Crippen molar-refractivity contribution in [2.75, 3.05) is 49.4 Å². The second-order valence-corrected chi connectivity index (χ2v) is 21.6. The minimum atomic E-state index is -4.86. The molecule has 76 heavy (non-hydrogen) atoms. The van der Waals surface area contributed by atoms with Crippen molar-refractivity contribution in [3.63, 3.8) is 0 Å². The van der Waals surface area contributed by atoms with Crippen LogP contribution in [0.3, 0.4) is 0 Å². The molecule has 2 aliphatic heterocycles. The Kier molecular flexibility index (Phi) is 20.6. The molecule has 4 aromatic rings. The van der Waals surface area contributed by atoms with E-state index in [2.05, 4.69) is 15.6 Å². The summed E-state index contributed by atoms with van der Waals surface area (Å²) in [6.45, 7) is 13.7. The van der Waals surface area contributed by atoms with E-state index in [4.69, 9.17) is 19.5 Å². The predicted octanol–water partition coefficient (Wildman–Crippen LogP) is 9.49. The average molecular weight is 1070 g/mol. The van der Waals surface area contributed by atoms with Crippen molar-refractivity contribution < 1.29 is 56.5 Å². The summed E-state index contributed by atoms with van der Waals surface area (Å²) in [4.78, 5) is 76.2. The number of unbranched alkanes of at least 4 members (excludes halogenated alkanes) is 5. The number of alkyl halides is 3. The average Bonchev–Trinajstić information content (AvgIpc) is 4.12. The first kappa shape index (κ1) is 58.9. The highest BCUT2D eigenvalue weighted by Gasteiger charge is 2.53. The zero-order valence-corrected chi connectivity index (χ0v) is 45.0. The van der Waals surface area contributed by atoms with Crippen LogP contribution in [0.5, 0.6) is 5.75 Å². The van der Waals surface area contributed by atoms with Crippen LogP contribution < -0.4 is 25.2 Å². The van der Waals surface area contributed by atoms with Crippen molar-refractivity contribution in [1.29, 1.82) is 5.26 Å². The lowest BCUT2D eigenvalue weighted by atomic mass is 9.85. The molecular formula is C56H70F3N7O9S. The number of benzene rings is 3. The topological polar surface area (TPSA) is 204 Å². The van der Waals surface area contributed by atoms with E-state index in [1.165, 1.54) is 29.7 Å². The molecule has 0 bridgehead atoms. The van der Waals surface area contributed by atoms with Gasteiger partial charge in [-0.25, -0.2) is 14.7 Å². The Morgan fingerprint density at radius 1 is 0.868 bits per heavy atom. The fourth-order valence-corrected chi connectivity index (χ4v) is 9.93. The van der Waals surface area contributed by atoms with E-state index in [1.54, 1.807) is 35.6 Å². The van der Waals surface area contributed by atoms with E-state index in [1.807, 2.05) is 57.5 Å². The van der Waals surface area contributed by atoms with Gasteiger partial charge in [-0.3, -0.25) is 24.1 Å². The third-order valence-electron chi connectivity index (χ3n) is 13.4. The van der Waals surface area contributed by atoms with E-state index < -0.39 is 58.4 Å². The highest BCUT2D eigenvalue weighted by atomic mass is 32.1. The van der Waals surface area contributed by atoms with Crippen LogP contribution in [-0.4, -0.2) is 108 Å². The van der Waals surface area contributed by atoms with Crippen molar-refractivity contribution in [3.8, 4) is 22.3 Å². The number of thiazole rings is 1. The maximum Gasteiger partial charge on any atom is 0.417 e. The fourth-order valence-electron chi connectivity index (χ4n) is 9.12. The Labute approximate surface area is 446 Å². The number of nitriles is 1. The number of likely N-dealkylation sites (tertiary alicyclic amines) is 1. The molecule has 0 radical (unpaired) electrons. The molecule has 16 nitrogen and oxygen atoms in total. The number of aliphatic hydroxyl groups is 1. The molecule has 6 amide bonds. The molecule has 2 saturated heterocycles. The van der Waals surface area contributed by atoms with Gasteiger partial charge >= 0.3 is 12.2 Å². The third-order valence-corrected chi connectivity index (χ3v) is 14.4. The zero-order valence-electron chi connectivity index (χ0n) is 44.2. The number of aliphatic hydroxyl groups excluding tert-OH is 1. The summed E-state index contributed by atoms with van der Waals surface area (Å²) in [5.74, 6) is -1.15. The Bertz CT molecular complexity index is 2670. The highest BCUT2D eigenvalue weighted by molar-refractivity contribution is 7.13. The molecule has 6 rings (SSSR count).